The van der Waals surface area contributed by atoms with Crippen LogP contribution in [0.25, 0.3) is 0 Å². The Morgan fingerprint density at radius 1 is 1.74 bits per heavy atom. The molecule has 0 aliphatic heterocycles. The van der Waals surface area contributed by atoms with Crippen LogP contribution in [0.3, 0.4) is 0 Å². The fourth-order valence-electron chi connectivity index (χ4n) is 3.03. The van der Waals surface area contributed by atoms with Crippen LogP contribution in [0.4, 0.5) is 0 Å². The molecule has 0 bridgehead atoms. The van der Waals surface area contributed by atoms with E-state index in [0.29, 0.717) is 5.92 Å². The average molecular weight is 282 g/mol. The molecule has 0 aromatic carbocycles. The Bertz CT molecular complexity index is 448. The molecule has 1 heterocycles. The molecular weight excluding hydrogens is 260 g/mol. The van der Waals surface area contributed by atoms with E-state index in [0.717, 1.165) is 36.6 Å². The standard InChI is InChI=1S/C13H22N4OS/c1-15-13(11(14)18)6-3-4-10(13)5-9-19-12-16-7-8-17(12)2/h7-8,10,15H,3-6,9H2,1-2H3,(H2,14,18). The number of rotatable bonds is 6. The van der Waals surface area contributed by atoms with Crippen LogP contribution < -0.4 is 11.1 Å². The van der Waals surface area contributed by atoms with Crippen LogP contribution in [0.5, 0.6) is 0 Å². The molecule has 1 saturated carbocycles. The van der Waals surface area contributed by atoms with Crippen LogP contribution in [-0.4, -0.2) is 33.8 Å². The zero-order valence-corrected chi connectivity index (χ0v) is 12.4. The molecule has 1 aromatic heterocycles. The van der Waals surface area contributed by atoms with E-state index in [1.807, 2.05) is 24.9 Å². The summed E-state index contributed by atoms with van der Waals surface area (Å²) in [4.78, 5) is 16.0. The molecule has 1 amide bonds. The lowest BCUT2D eigenvalue weighted by Crippen LogP contribution is -2.56. The van der Waals surface area contributed by atoms with Gasteiger partial charge in [0.1, 0.15) is 5.54 Å². The van der Waals surface area contributed by atoms with Crippen molar-refractivity contribution in [3.8, 4) is 0 Å². The molecule has 1 aliphatic rings. The van der Waals surface area contributed by atoms with Crippen LogP contribution in [0.1, 0.15) is 25.7 Å². The highest BCUT2D eigenvalue weighted by Crippen LogP contribution is 2.38. The Morgan fingerprint density at radius 3 is 3.11 bits per heavy atom. The van der Waals surface area contributed by atoms with E-state index in [2.05, 4.69) is 10.3 Å². The van der Waals surface area contributed by atoms with E-state index in [4.69, 9.17) is 5.73 Å². The van der Waals surface area contributed by atoms with Crippen molar-refractivity contribution < 1.29 is 4.79 Å². The molecule has 0 radical (unpaired) electrons. The molecule has 3 N–H and O–H groups in total. The van der Waals surface area contributed by atoms with Gasteiger partial charge in [-0.15, -0.1) is 0 Å². The minimum atomic E-state index is -0.498. The van der Waals surface area contributed by atoms with Gasteiger partial charge in [0.15, 0.2) is 5.16 Å². The average Bonchev–Trinajstić information content (AvgIpc) is 2.97. The Morgan fingerprint density at radius 2 is 2.53 bits per heavy atom. The Kier molecular flexibility index (Phi) is 4.52. The number of aromatic nitrogens is 2. The Hall–Kier alpha value is -1.01. The van der Waals surface area contributed by atoms with Gasteiger partial charge in [-0.3, -0.25) is 4.79 Å². The van der Waals surface area contributed by atoms with E-state index >= 15 is 0 Å². The third-order valence-electron chi connectivity index (χ3n) is 4.18. The lowest BCUT2D eigenvalue weighted by molar-refractivity contribution is -0.125. The number of hydrogen-bond donors (Lipinski definition) is 2. The number of carbonyl (C=O) groups is 1. The second-order valence-electron chi connectivity index (χ2n) is 5.13. The normalized spacial score (nSPS) is 26.7. The van der Waals surface area contributed by atoms with Gasteiger partial charge in [0.25, 0.3) is 0 Å². The first kappa shape index (κ1) is 14.4. The van der Waals surface area contributed by atoms with Crippen LogP contribution >= 0.6 is 11.8 Å². The summed E-state index contributed by atoms with van der Waals surface area (Å²) in [6.07, 6.45) is 7.74. The summed E-state index contributed by atoms with van der Waals surface area (Å²) >= 11 is 1.74. The number of primary amides is 1. The van der Waals surface area contributed by atoms with Crippen LogP contribution in [0.15, 0.2) is 17.6 Å². The van der Waals surface area contributed by atoms with Crippen molar-refractivity contribution in [2.75, 3.05) is 12.8 Å². The second kappa shape index (κ2) is 5.96. The quantitative estimate of drug-likeness (QED) is 0.768. The number of hydrogen-bond acceptors (Lipinski definition) is 4. The lowest BCUT2D eigenvalue weighted by Gasteiger charge is -2.32. The fourth-order valence-corrected chi connectivity index (χ4v) is 4.01. The topological polar surface area (TPSA) is 72.9 Å². The molecule has 2 unspecified atom stereocenters. The van der Waals surface area contributed by atoms with Crippen molar-refractivity contribution in [2.24, 2.45) is 18.7 Å². The van der Waals surface area contributed by atoms with E-state index in [9.17, 15) is 4.79 Å². The molecule has 1 fully saturated rings. The highest BCUT2D eigenvalue weighted by atomic mass is 32.2. The first-order valence-electron chi connectivity index (χ1n) is 6.69. The Labute approximate surface area is 118 Å². The second-order valence-corrected chi connectivity index (χ2v) is 6.19. The van der Waals surface area contributed by atoms with Gasteiger partial charge in [0, 0.05) is 25.2 Å². The predicted octanol–water partition coefficient (Wildman–Crippen LogP) is 1.15. The minimum absolute atomic E-state index is 0.209. The number of nitrogens with two attached hydrogens (primary N) is 1. The molecule has 0 spiro atoms. The highest BCUT2D eigenvalue weighted by molar-refractivity contribution is 7.99. The molecule has 1 aromatic rings. The van der Waals surface area contributed by atoms with Gasteiger partial charge in [0.05, 0.1) is 0 Å². The van der Waals surface area contributed by atoms with E-state index < -0.39 is 5.54 Å². The van der Waals surface area contributed by atoms with E-state index in [1.165, 1.54) is 0 Å². The molecule has 1 aliphatic carbocycles. The van der Waals surface area contributed by atoms with Gasteiger partial charge in [-0.25, -0.2) is 4.98 Å². The molecule has 106 valence electrons. The van der Waals surface area contributed by atoms with Crippen LogP contribution in [0, 0.1) is 5.92 Å². The summed E-state index contributed by atoms with van der Waals surface area (Å²) in [7, 11) is 3.83. The zero-order valence-electron chi connectivity index (χ0n) is 11.6. The predicted molar refractivity (Wildman–Crippen MR) is 76.9 cm³/mol. The molecule has 6 heteroatoms. The van der Waals surface area contributed by atoms with Crippen molar-refractivity contribution in [2.45, 2.75) is 36.4 Å². The zero-order chi connectivity index (χ0) is 13.9. The lowest BCUT2D eigenvalue weighted by atomic mass is 9.84. The summed E-state index contributed by atoms with van der Waals surface area (Å²) in [6, 6.07) is 0. The van der Waals surface area contributed by atoms with Gasteiger partial charge < -0.3 is 15.6 Å². The van der Waals surface area contributed by atoms with Crippen molar-refractivity contribution >= 4 is 17.7 Å². The molecule has 5 nitrogen and oxygen atoms in total. The maximum Gasteiger partial charge on any atom is 0.238 e. The van der Waals surface area contributed by atoms with Gasteiger partial charge >= 0.3 is 0 Å². The Balaban J connectivity index is 1.92. The van der Waals surface area contributed by atoms with Crippen LogP contribution in [-0.2, 0) is 11.8 Å². The van der Waals surface area contributed by atoms with Crippen molar-refractivity contribution in [3.63, 3.8) is 0 Å². The maximum atomic E-state index is 11.7. The van der Waals surface area contributed by atoms with Crippen molar-refractivity contribution in [1.82, 2.24) is 14.9 Å². The molecule has 19 heavy (non-hydrogen) atoms. The third-order valence-corrected chi connectivity index (χ3v) is 5.27. The summed E-state index contributed by atoms with van der Waals surface area (Å²) < 4.78 is 2.01. The largest absolute Gasteiger partial charge is 0.368 e. The summed E-state index contributed by atoms with van der Waals surface area (Å²) in [5.74, 6) is 1.09. The number of nitrogens with zero attached hydrogens (tertiary/aromatic N) is 2. The third kappa shape index (κ3) is 2.79. The summed E-state index contributed by atoms with van der Waals surface area (Å²) in [5.41, 5.74) is 5.10. The first-order valence-corrected chi connectivity index (χ1v) is 7.67. The number of aryl methyl sites for hydroxylation is 1. The summed E-state index contributed by atoms with van der Waals surface area (Å²) in [5, 5.41) is 4.20. The molecule has 2 rings (SSSR count). The summed E-state index contributed by atoms with van der Waals surface area (Å²) in [6.45, 7) is 0. The number of thioether (sulfide) groups is 1. The number of imidazole rings is 1. The van der Waals surface area contributed by atoms with Crippen molar-refractivity contribution in [1.29, 1.82) is 0 Å². The van der Waals surface area contributed by atoms with E-state index in [-0.39, 0.29) is 5.91 Å². The number of carbonyl (C=O) groups excluding carboxylic acids is 1. The first-order chi connectivity index (χ1) is 9.10. The fraction of sp³-hybridized carbons (Fsp3) is 0.692. The van der Waals surface area contributed by atoms with Gasteiger partial charge in [-0.2, -0.15) is 0 Å². The number of nitrogens with one attached hydrogen (secondary N) is 1. The maximum absolute atomic E-state index is 11.7. The molecule has 0 saturated heterocycles. The highest BCUT2D eigenvalue weighted by Gasteiger charge is 2.45. The van der Waals surface area contributed by atoms with Gasteiger partial charge in [0.2, 0.25) is 5.91 Å². The SMILES string of the molecule is CNC1(C(N)=O)CCCC1CCSc1nccn1C. The minimum Gasteiger partial charge on any atom is -0.368 e. The van der Waals surface area contributed by atoms with E-state index in [1.54, 1.807) is 18.0 Å². The molecular formula is C13H22N4OS. The van der Waals surface area contributed by atoms with Crippen LogP contribution in [0.2, 0.25) is 0 Å². The van der Waals surface area contributed by atoms with Gasteiger partial charge in [-0.1, -0.05) is 18.2 Å². The number of amides is 1. The monoisotopic (exact) mass is 282 g/mol. The smallest absolute Gasteiger partial charge is 0.238 e. The number of likely N-dealkylation sites (N-methyl/N-ethyl adjacent to an activating group) is 1. The van der Waals surface area contributed by atoms with Crippen molar-refractivity contribution in [3.05, 3.63) is 12.4 Å². The molecule has 2 atom stereocenters. The van der Waals surface area contributed by atoms with Gasteiger partial charge in [-0.05, 0) is 32.2 Å².